The number of phenolic OH excluding ortho intramolecular Hbond substituents is 1. The van der Waals surface area contributed by atoms with Crippen molar-refractivity contribution in [3.8, 4) is 11.5 Å². The highest BCUT2D eigenvalue weighted by Crippen LogP contribution is 2.28. The van der Waals surface area contributed by atoms with E-state index >= 15 is 0 Å². The van der Waals surface area contributed by atoms with Gasteiger partial charge in [-0.05, 0) is 24.3 Å². The summed E-state index contributed by atoms with van der Waals surface area (Å²) < 4.78 is 4.95. The molecule has 1 aromatic carbocycles. The van der Waals surface area contributed by atoms with E-state index in [1.54, 1.807) is 6.07 Å². The molecule has 0 spiro atoms. The number of hydrogen-bond acceptors (Lipinski definition) is 6. The van der Waals surface area contributed by atoms with Crippen molar-refractivity contribution in [1.29, 1.82) is 0 Å². The van der Waals surface area contributed by atoms with Gasteiger partial charge in [0.1, 0.15) is 17.3 Å². The molecule has 1 aromatic rings. The van der Waals surface area contributed by atoms with Crippen LogP contribution in [-0.2, 0) is 9.59 Å². The molecular weight excluding hydrogens is 274 g/mol. The van der Waals surface area contributed by atoms with Crippen LogP contribution in [0.5, 0.6) is 11.5 Å². The van der Waals surface area contributed by atoms with Gasteiger partial charge in [-0.2, -0.15) is 0 Å². The average molecular weight is 287 g/mol. The van der Waals surface area contributed by atoms with Gasteiger partial charge >= 0.3 is 0 Å². The van der Waals surface area contributed by atoms with Gasteiger partial charge in [0.25, 0.3) is 0 Å². The van der Waals surface area contributed by atoms with Gasteiger partial charge in [-0.25, -0.2) is 0 Å². The number of nitrogens with zero attached hydrogens (tertiary/aromatic N) is 1. The Morgan fingerprint density at radius 2 is 2.14 bits per heavy atom. The third-order valence-electron chi connectivity index (χ3n) is 2.88. The van der Waals surface area contributed by atoms with Gasteiger partial charge in [-0.1, -0.05) is 0 Å². The largest absolute Gasteiger partial charge is 0.507 e. The van der Waals surface area contributed by atoms with E-state index in [-0.39, 0.29) is 23.5 Å². The predicted octanol–water partition coefficient (Wildman–Crippen LogP) is 1.80. The highest BCUT2D eigenvalue weighted by Gasteiger charge is 2.17. The number of aromatic hydroxyl groups is 1. The van der Waals surface area contributed by atoms with Crippen molar-refractivity contribution in [2.24, 2.45) is 4.99 Å². The molecule has 0 saturated carbocycles. The summed E-state index contributed by atoms with van der Waals surface area (Å²) in [5.74, 6) is -1.05. The van der Waals surface area contributed by atoms with Crippen molar-refractivity contribution in [3.05, 3.63) is 41.6 Å². The Bertz CT molecular complexity index is 685. The molecule has 108 valence electrons. The number of ketones is 2. The van der Waals surface area contributed by atoms with E-state index in [1.165, 1.54) is 31.4 Å². The molecule has 2 N–H and O–H groups in total. The summed E-state index contributed by atoms with van der Waals surface area (Å²) in [5.41, 5.74) is 0.578. The quantitative estimate of drug-likeness (QED) is 0.652. The lowest BCUT2D eigenvalue weighted by atomic mass is 10.1. The number of methoxy groups -OCH3 is 1. The first kappa shape index (κ1) is 14.5. The van der Waals surface area contributed by atoms with Crippen LogP contribution in [0.2, 0.25) is 0 Å². The fourth-order valence-corrected chi connectivity index (χ4v) is 1.73. The van der Waals surface area contributed by atoms with Crippen LogP contribution < -0.4 is 4.74 Å². The lowest BCUT2D eigenvalue weighted by Crippen LogP contribution is -2.19. The summed E-state index contributed by atoms with van der Waals surface area (Å²) in [6, 6.07) is 4.46. The van der Waals surface area contributed by atoms with Crippen molar-refractivity contribution in [3.63, 3.8) is 0 Å². The first-order valence-corrected chi connectivity index (χ1v) is 6.09. The fraction of sp³-hybridized carbons (Fsp3) is 0.133. The number of hydrogen-bond donors (Lipinski definition) is 2. The number of Topliss-reactive ketones (excluding diaryl/α,β-unsaturated/α-hetero) is 2. The van der Waals surface area contributed by atoms with Crippen LogP contribution in [0.25, 0.3) is 5.76 Å². The molecule has 0 atom stereocenters. The molecule has 1 heterocycles. The third-order valence-corrected chi connectivity index (χ3v) is 2.88. The van der Waals surface area contributed by atoms with Crippen LogP contribution in [0.4, 0.5) is 0 Å². The standard InChI is InChI=1S/C15H13NO5/c1-21-10-3-4-11(13(18)7-10)12(17)5-2-9-6-14(19)15(20)8-16-9/h2-5,7-8,17-18H,6H2,1H3. The molecule has 21 heavy (non-hydrogen) atoms. The molecule has 0 aliphatic carbocycles. The van der Waals surface area contributed by atoms with E-state index in [1.807, 2.05) is 0 Å². The van der Waals surface area contributed by atoms with Crippen LogP contribution >= 0.6 is 0 Å². The van der Waals surface area contributed by atoms with Crippen LogP contribution in [0.3, 0.4) is 0 Å². The number of benzene rings is 1. The minimum absolute atomic E-state index is 0.103. The molecule has 0 aromatic heterocycles. The number of carbonyl (C=O) groups is 2. The van der Waals surface area contributed by atoms with Gasteiger partial charge < -0.3 is 14.9 Å². The van der Waals surface area contributed by atoms with Crippen molar-refractivity contribution < 1.29 is 24.5 Å². The number of allylic oxidation sites excluding steroid dienone is 3. The van der Waals surface area contributed by atoms with Crippen molar-refractivity contribution in [1.82, 2.24) is 0 Å². The average Bonchev–Trinajstić information content (AvgIpc) is 2.48. The molecule has 6 heteroatoms. The SMILES string of the molecule is COc1ccc(C(O)=CC=C2CC(=O)C(=O)C=N2)c(O)c1. The van der Waals surface area contributed by atoms with Gasteiger partial charge in [-0.15, -0.1) is 0 Å². The molecule has 0 bridgehead atoms. The Hall–Kier alpha value is -2.89. The molecule has 0 amide bonds. The second kappa shape index (κ2) is 6.04. The highest BCUT2D eigenvalue weighted by atomic mass is 16.5. The van der Waals surface area contributed by atoms with Gasteiger partial charge in [0.15, 0.2) is 0 Å². The summed E-state index contributed by atoms with van der Waals surface area (Å²) in [4.78, 5) is 26.0. The van der Waals surface area contributed by atoms with E-state index in [9.17, 15) is 19.8 Å². The first-order chi connectivity index (χ1) is 10.0. The lowest BCUT2D eigenvalue weighted by Gasteiger charge is -2.06. The maximum atomic E-state index is 11.2. The van der Waals surface area contributed by atoms with Crippen molar-refractivity contribution in [2.75, 3.05) is 7.11 Å². The van der Waals surface area contributed by atoms with E-state index in [2.05, 4.69) is 4.99 Å². The zero-order chi connectivity index (χ0) is 15.4. The van der Waals surface area contributed by atoms with E-state index in [4.69, 9.17) is 4.74 Å². The predicted molar refractivity (Wildman–Crippen MR) is 76.5 cm³/mol. The number of rotatable bonds is 3. The lowest BCUT2D eigenvalue weighted by molar-refractivity contribution is -0.132. The smallest absolute Gasteiger partial charge is 0.239 e. The normalized spacial score (nSPS) is 17.4. The Kier molecular flexibility index (Phi) is 4.18. The van der Waals surface area contributed by atoms with Crippen LogP contribution in [0.1, 0.15) is 12.0 Å². The molecule has 1 aliphatic rings. The third kappa shape index (κ3) is 3.36. The maximum absolute atomic E-state index is 11.2. The highest BCUT2D eigenvalue weighted by molar-refractivity contribution is 6.60. The van der Waals surface area contributed by atoms with E-state index in [0.29, 0.717) is 11.4 Å². The van der Waals surface area contributed by atoms with Gasteiger partial charge in [0.2, 0.25) is 11.6 Å². The number of aliphatic hydroxyl groups is 1. The summed E-state index contributed by atoms with van der Waals surface area (Å²) in [5, 5.41) is 19.7. The second-order valence-electron chi connectivity index (χ2n) is 4.32. The Balaban J connectivity index is 2.24. The molecule has 2 rings (SSSR count). The minimum Gasteiger partial charge on any atom is -0.507 e. The van der Waals surface area contributed by atoms with Crippen molar-refractivity contribution >= 4 is 23.5 Å². The monoisotopic (exact) mass is 287 g/mol. The van der Waals surface area contributed by atoms with Crippen LogP contribution in [-0.4, -0.2) is 35.1 Å². The summed E-state index contributed by atoms with van der Waals surface area (Å²) in [7, 11) is 1.47. The Morgan fingerprint density at radius 3 is 2.76 bits per heavy atom. The summed E-state index contributed by atoms with van der Waals surface area (Å²) in [6.45, 7) is 0. The minimum atomic E-state index is -0.631. The Labute approximate surface area is 120 Å². The molecular formula is C15H13NO5. The van der Waals surface area contributed by atoms with Crippen LogP contribution in [0.15, 0.2) is 41.0 Å². The number of carbonyl (C=O) groups excluding carboxylic acids is 2. The van der Waals surface area contributed by atoms with Gasteiger partial charge in [0.05, 0.1) is 25.3 Å². The van der Waals surface area contributed by atoms with Crippen molar-refractivity contribution in [2.45, 2.75) is 6.42 Å². The number of ether oxygens (including phenoxy) is 1. The van der Waals surface area contributed by atoms with Gasteiger partial charge in [-0.3, -0.25) is 14.6 Å². The molecule has 6 nitrogen and oxygen atoms in total. The zero-order valence-corrected chi connectivity index (χ0v) is 11.2. The molecule has 0 unspecified atom stereocenters. The zero-order valence-electron chi connectivity index (χ0n) is 11.2. The Morgan fingerprint density at radius 1 is 1.38 bits per heavy atom. The molecule has 1 aliphatic heterocycles. The number of phenols is 1. The topological polar surface area (TPSA) is 96.2 Å². The number of aliphatic imine (C=N–C) groups is 1. The summed E-state index contributed by atoms with van der Waals surface area (Å²) in [6.07, 6.45) is 3.57. The molecule has 0 fully saturated rings. The van der Waals surface area contributed by atoms with E-state index in [0.717, 1.165) is 6.21 Å². The molecule has 0 saturated heterocycles. The first-order valence-electron chi connectivity index (χ1n) is 6.09. The fourth-order valence-electron chi connectivity index (χ4n) is 1.73. The summed E-state index contributed by atoms with van der Waals surface area (Å²) >= 11 is 0. The van der Waals surface area contributed by atoms with Crippen LogP contribution in [0, 0.1) is 0 Å². The molecule has 0 radical (unpaired) electrons. The number of aliphatic hydroxyl groups excluding tert-OH is 1. The van der Waals surface area contributed by atoms with E-state index < -0.39 is 11.6 Å². The second-order valence-corrected chi connectivity index (χ2v) is 4.32. The van der Waals surface area contributed by atoms with Gasteiger partial charge in [0, 0.05) is 11.8 Å². The maximum Gasteiger partial charge on any atom is 0.239 e.